The molecule has 0 aromatic heterocycles. The van der Waals surface area contributed by atoms with E-state index in [4.69, 9.17) is 0 Å². The van der Waals surface area contributed by atoms with Crippen molar-refractivity contribution in [2.24, 2.45) is 5.41 Å². The number of carbonyl (C=O) groups excluding carboxylic acids is 1. The van der Waals surface area contributed by atoms with Crippen LogP contribution in [0.25, 0.3) is 0 Å². The van der Waals surface area contributed by atoms with Gasteiger partial charge in [-0.1, -0.05) is 32.9 Å². The van der Waals surface area contributed by atoms with Gasteiger partial charge in [0, 0.05) is 26.2 Å². The molecule has 0 fully saturated rings. The van der Waals surface area contributed by atoms with E-state index in [-0.39, 0.29) is 11.4 Å². The van der Waals surface area contributed by atoms with Crippen LogP contribution >= 0.6 is 0 Å². The van der Waals surface area contributed by atoms with Gasteiger partial charge in [0.15, 0.2) is 0 Å². The summed E-state index contributed by atoms with van der Waals surface area (Å²) < 4.78 is 0. The Labute approximate surface area is 127 Å². The highest BCUT2D eigenvalue weighted by Crippen LogP contribution is 2.39. The number of urea groups is 1. The number of nitrogens with zero attached hydrogens (tertiary/aromatic N) is 2. The zero-order chi connectivity index (χ0) is 15.0. The van der Waals surface area contributed by atoms with Gasteiger partial charge in [-0.3, -0.25) is 4.90 Å². The number of rotatable bonds is 1. The zero-order valence-corrected chi connectivity index (χ0v) is 13.3. The summed E-state index contributed by atoms with van der Waals surface area (Å²) in [5, 5.41) is 3.07. The standard InChI is InChI=1S/C17H25N3O/c1-17(2,3)12-18-16(21)20-11-10-19-9-5-7-13-6-4-8-14(20)15(13)19/h4,6,8H,5,7,9-12H2,1-3H3,(H,18,21). The molecule has 114 valence electrons. The zero-order valence-electron chi connectivity index (χ0n) is 13.3. The Hall–Kier alpha value is -1.71. The van der Waals surface area contributed by atoms with Crippen LogP contribution in [0.5, 0.6) is 0 Å². The monoisotopic (exact) mass is 287 g/mol. The quantitative estimate of drug-likeness (QED) is 0.862. The van der Waals surface area contributed by atoms with Crippen LogP contribution in [0.15, 0.2) is 18.2 Å². The molecule has 0 saturated heterocycles. The molecule has 0 bridgehead atoms. The van der Waals surface area contributed by atoms with Crippen molar-refractivity contribution >= 4 is 17.4 Å². The normalized spacial score (nSPS) is 17.5. The lowest BCUT2D eigenvalue weighted by atomic mass is 9.97. The Morgan fingerprint density at radius 1 is 1.24 bits per heavy atom. The maximum atomic E-state index is 12.5. The average molecular weight is 287 g/mol. The highest BCUT2D eigenvalue weighted by molar-refractivity contribution is 5.97. The minimum absolute atomic E-state index is 0.0311. The second-order valence-electron chi connectivity index (χ2n) is 7.25. The smallest absolute Gasteiger partial charge is 0.322 e. The molecule has 2 amide bonds. The van der Waals surface area contributed by atoms with Gasteiger partial charge in [-0.2, -0.15) is 0 Å². The number of nitrogens with one attached hydrogen (secondary N) is 1. The number of benzene rings is 1. The Bertz CT molecular complexity index is 547. The van der Waals surface area contributed by atoms with Crippen molar-refractivity contribution in [2.75, 3.05) is 36.0 Å². The van der Waals surface area contributed by atoms with Gasteiger partial charge in [0.25, 0.3) is 0 Å². The summed E-state index contributed by atoms with van der Waals surface area (Å²) in [7, 11) is 0. The predicted octanol–water partition coefficient (Wildman–Crippen LogP) is 3.01. The molecule has 0 unspecified atom stereocenters. The molecular weight excluding hydrogens is 262 g/mol. The van der Waals surface area contributed by atoms with Gasteiger partial charge in [-0.15, -0.1) is 0 Å². The summed E-state index contributed by atoms with van der Waals surface area (Å²) in [5.41, 5.74) is 3.84. The first-order chi connectivity index (χ1) is 9.96. The Kier molecular flexibility index (Phi) is 3.56. The van der Waals surface area contributed by atoms with Crippen molar-refractivity contribution < 1.29 is 4.79 Å². The van der Waals surface area contributed by atoms with Crippen molar-refractivity contribution in [1.82, 2.24) is 5.32 Å². The summed E-state index contributed by atoms with van der Waals surface area (Å²) in [4.78, 5) is 16.9. The van der Waals surface area contributed by atoms with Gasteiger partial charge in [0.05, 0.1) is 11.4 Å². The fourth-order valence-electron chi connectivity index (χ4n) is 3.15. The van der Waals surface area contributed by atoms with Crippen LogP contribution in [0.3, 0.4) is 0 Å². The van der Waals surface area contributed by atoms with Gasteiger partial charge < -0.3 is 10.2 Å². The van der Waals surface area contributed by atoms with Crippen molar-refractivity contribution in [3.8, 4) is 0 Å². The maximum Gasteiger partial charge on any atom is 0.322 e. The molecule has 2 aliphatic heterocycles. The van der Waals surface area contributed by atoms with Gasteiger partial charge in [0.1, 0.15) is 0 Å². The molecule has 2 aliphatic rings. The molecule has 1 N–H and O–H groups in total. The van der Waals surface area contributed by atoms with Crippen molar-refractivity contribution in [2.45, 2.75) is 33.6 Å². The highest BCUT2D eigenvalue weighted by atomic mass is 16.2. The average Bonchev–Trinajstić information content (AvgIpc) is 2.45. The number of carbonyl (C=O) groups is 1. The molecule has 4 heteroatoms. The molecule has 0 aliphatic carbocycles. The molecule has 21 heavy (non-hydrogen) atoms. The summed E-state index contributed by atoms with van der Waals surface area (Å²) in [5.74, 6) is 0. The topological polar surface area (TPSA) is 35.6 Å². The van der Waals surface area contributed by atoms with Crippen LogP contribution in [0, 0.1) is 5.41 Å². The maximum absolute atomic E-state index is 12.5. The first kappa shape index (κ1) is 14.2. The molecule has 0 spiro atoms. The fraction of sp³-hybridized carbons (Fsp3) is 0.588. The van der Waals surface area contributed by atoms with E-state index in [2.05, 4.69) is 49.2 Å². The van der Waals surface area contributed by atoms with Crippen LogP contribution in [0.2, 0.25) is 0 Å². The third-order valence-corrected chi connectivity index (χ3v) is 4.19. The molecule has 3 rings (SSSR count). The molecule has 1 aromatic rings. The summed E-state index contributed by atoms with van der Waals surface area (Å²) in [6.07, 6.45) is 2.34. The second kappa shape index (κ2) is 5.24. The second-order valence-corrected chi connectivity index (χ2v) is 7.25. The molecule has 0 radical (unpaired) electrons. The lowest BCUT2D eigenvalue weighted by Crippen LogP contribution is -2.50. The largest absolute Gasteiger partial charge is 0.368 e. The predicted molar refractivity (Wildman–Crippen MR) is 87.2 cm³/mol. The molecular formula is C17H25N3O. The van der Waals surface area contributed by atoms with Crippen LogP contribution in [0.1, 0.15) is 32.8 Å². The number of aryl methyl sites for hydroxylation is 1. The van der Waals surface area contributed by atoms with Crippen LogP contribution in [0.4, 0.5) is 16.2 Å². The third-order valence-electron chi connectivity index (χ3n) is 4.19. The number of anilines is 2. The van der Waals surface area contributed by atoms with Gasteiger partial charge >= 0.3 is 6.03 Å². The van der Waals surface area contributed by atoms with E-state index in [0.717, 1.165) is 31.7 Å². The van der Waals surface area contributed by atoms with Gasteiger partial charge in [-0.25, -0.2) is 4.79 Å². The van der Waals surface area contributed by atoms with Crippen molar-refractivity contribution in [1.29, 1.82) is 0 Å². The molecule has 4 nitrogen and oxygen atoms in total. The van der Waals surface area contributed by atoms with E-state index >= 15 is 0 Å². The Morgan fingerprint density at radius 2 is 2.05 bits per heavy atom. The van der Waals surface area contributed by atoms with E-state index in [1.807, 2.05) is 4.90 Å². The summed E-state index contributed by atoms with van der Waals surface area (Å²) in [6.45, 7) is 9.92. The van der Waals surface area contributed by atoms with E-state index in [0.29, 0.717) is 6.54 Å². The lowest BCUT2D eigenvalue weighted by Gasteiger charge is -2.41. The molecule has 0 atom stereocenters. The summed E-state index contributed by atoms with van der Waals surface area (Å²) >= 11 is 0. The molecule has 0 saturated carbocycles. The van der Waals surface area contributed by atoms with E-state index in [1.54, 1.807) is 0 Å². The minimum Gasteiger partial charge on any atom is -0.368 e. The first-order valence-corrected chi connectivity index (χ1v) is 7.88. The highest BCUT2D eigenvalue weighted by Gasteiger charge is 2.30. The SMILES string of the molecule is CC(C)(C)CNC(=O)N1CCN2CCCc3cccc1c32. The Balaban J connectivity index is 1.84. The van der Waals surface area contributed by atoms with E-state index < -0.39 is 0 Å². The van der Waals surface area contributed by atoms with Crippen molar-refractivity contribution in [3.63, 3.8) is 0 Å². The fourth-order valence-corrected chi connectivity index (χ4v) is 3.15. The van der Waals surface area contributed by atoms with Crippen molar-refractivity contribution in [3.05, 3.63) is 23.8 Å². The molecule has 2 heterocycles. The van der Waals surface area contributed by atoms with Crippen LogP contribution in [-0.2, 0) is 6.42 Å². The third kappa shape index (κ3) is 2.85. The molecule has 1 aromatic carbocycles. The van der Waals surface area contributed by atoms with E-state index in [1.165, 1.54) is 17.7 Å². The van der Waals surface area contributed by atoms with Crippen LogP contribution < -0.4 is 15.1 Å². The lowest BCUT2D eigenvalue weighted by molar-refractivity contribution is 0.241. The number of hydrogen-bond acceptors (Lipinski definition) is 2. The first-order valence-electron chi connectivity index (χ1n) is 7.88. The minimum atomic E-state index is 0.0311. The summed E-state index contributed by atoms with van der Waals surface area (Å²) in [6, 6.07) is 6.38. The number of hydrogen-bond donors (Lipinski definition) is 1. The number of para-hydroxylation sites is 1. The van der Waals surface area contributed by atoms with Gasteiger partial charge in [-0.05, 0) is 29.9 Å². The van der Waals surface area contributed by atoms with E-state index in [9.17, 15) is 4.79 Å². The number of amides is 2. The van der Waals surface area contributed by atoms with Gasteiger partial charge in [0.2, 0.25) is 0 Å². The van der Waals surface area contributed by atoms with Crippen LogP contribution in [-0.4, -0.2) is 32.2 Å². The Morgan fingerprint density at radius 3 is 2.81 bits per heavy atom.